The molecule has 2 nitrogen and oxygen atoms in total. The Morgan fingerprint density at radius 3 is 1.08 bits per heavy atom. The van der Waals surface area contributed by atoms with E-state index in [1.807, 2.05) is 0 Å². The van der Waals surface area contributed by atoms with Crippen molar-refractivity contribution >= 4 is 13.6 Å². The molecule has 0 bridgehead atoms. The van der Waals surface area contributed by atoms with E-state index in [1.165, 1.54) is 30.2 Å². The summed E-state index contributed by atoms with van der Waals surface area (Å²) in [5, 5.41) is 14.6. The van der Waals surface area contributed by atoms with Gasteiger partial charge in [0.15, 0.2) is 6.68 Å². The second-order valence-corrected chi connectivity index (χ2v) is 0.661. The fourth-order valence-corrected chi connectivity index (χ4v) is 0. The van der Waals surface area contributed by atoms with Crippen molar-refractivity contribution in [1.82, 2.24) is 0 Å². The van der Waals surface area contributed by atoms with Crippen LogP contribution in [0.3, 0.4) is 0 Å². The molecule has 0 aliphatic heterocycles. The van der Waals surface area contributed by atoms with E-state index in [-0.39, 0.29) is 0 Å². The zero-order chi connectivity index (χ0) is 11.0. The summed E-state index contributed by atoms with van der Waals surface area (Å²) in [6, 6.07) is 3.50. The van der Waals surface area contributed by atoms with Crippen LogP contribution in [0.4, 0.5) is 13.2 Å². The van der Waals surface area contributed by atoms with Gasteiger partial charge in [0.2, 0.25) is 0 Å². The summed E-state index contributed by atoms with van der Waals surface area (Å²) in [7, 11) is 0. The van der Waals surface area contributed by atoms with Crippen LogP contribution in [0, 0.1) is 29.3 Å². The molecule has 0 amide bonds. The van der Waals surface area contributed by atoms with Crippen LogP contribution in [0.1, 0.15) is 13.8 Å². The number of nitrogens with zero attached hydrogens (tertiary/aromatic N) is 2. The third kappa shape index (κ3) is 48500. The maximum atomic E-state index is 9.58. The van der Waals surface area contributed by atoms with Crippen LogP contribution in [0.25, 0.3) is 0 Å². The molecule has 0 aliphatic rings. The zero-order valence-corrected chi connectivity index (χ0v) is 11.2. The van der Waals surface area contributed by atoms with Gasteiger partial charge in [0, 0.05) is 13.8 Å². The molecular weight excluding hydrogens is 290 g/mol. The first-order valence-electron chi connectivity index (χ1n) is 2.28. The molecule has 0 saturated carbocycles. The van der Waals surface area contributed by atoms with Crippen molar-refractivity contribution in [2.24, 2.45) is 0 Å². The van der Waals surface area contributed by atoms with Crippen LogP contribution in [0.2, 0.25) is 0 Å². The van der Waals surface area contributed by atoms with Crippen molar-refractivity contribution in [3.63, 3.8) is 0 Å². The number of halogens is 4. The van der Waals surface area contributed by atoms with E-state index < -0.39 is 6.68 Å². The van der Waals surface area contributed by atoms with Gasteiger partial charge in [0.1, 0.15) is 0 Å². The minimum atomic E-state index is -3.08. The van der Waals surface area contributed by atoms with Crippen molar-refractivity contribution in [3.05, 3.63) is 6.68 Å². The van der Waals surface area contributed by atoms with Crippen molar-refractivity contribution in [2.75, 3.05) is 0 Å². The molecular formula is C5H6BrF3N2Zn. The van der Waals surface area contributed by atoms with Crippen molar-refractivity contribution < 1.29 is 29.5 Å². The second-order valence-electron chi connectivity index (χ2n) is 0.661. The summed E-state index contributed by atoms with van der Waals surface area (Å²) in [5.74, 6) is 0. The van der Waals surface area contributed by atoms with E-state index in [0.29, 0.717) is 0 Å². The predicted molar refractivity (Wildman–Crippen MR) is 38.1 cm³/mol. The van der Waals surface area contributed by atoms with E-state index in [1.54, 1.807) is 12.1 Å². The molecule has 0 rings (SSSR count). The second kappa shape index (κ2) is 44.6. The monoisotopic (exact) mass is 294 g/mol. The van der Waals surface area contributed by atoms with Crippen LogP contribution in [-0.2, 0) is 16.3 Å². The molecule has 0 fully saturated rings. The van der Waals surface area contributed by atoms with Gasteiger partial charge in [0.05, 0.1) is 12.1 Å². The number of rotatable bonds is 0. The number of hydrogen-bond acceptors (Lipinski definition) is 2. The van der Waals surface area contributed by atoms with Gasteiger partial charge in [-0.15, -0.1) is 0 Å². The van der Waals surface area contributed by atoms with Crippen molar-refractivity contribution in [2.45, 2.75) is 13.8 Å². The van der Waals surface area contributed by atoms with Gasteiger partial charge < -0.3 is 13.2 Å². The van der Waals surface area contributed by atoms with Gasteiger partial charge in [-0.3, -0.25) is 0 Å². The molecule has 66 valence electrons. The standard InChI is InChI=1S/2C2H3N.CF3.BrH.Zn/c2*1-2-3;2-1(3)4;;/h2*1H3;;1H;/q;;-1;;+2/p-1. The van der Waals surface area contributed by atoms with Crippen LogP contribution >= 0.6 is 13.6 Å². The fourth-order valence-electron chi connectivity index (χ4n) is 0. The van der Waals surface area contributed by atoms with Gasteiger partial charge in [0.25, 0.3) is 0 Å². The van der Waals surface area contributed by atoms with E-state index in [0.717, 1.165) is 0 Å². The SMILES string of the molecule is CC#N.CC#N.F[C-](F)F.[Zn+][Br]. The van der Waals surface area contributed by atoms with E-state index in [4.69, 9.17) is 10.5 Å². The fraction of sp³-hybridized carbons (Fsp3) is 0.400. The van der Waals surface area contributed by atoms with Crippen LogP contribution < -0.4 is 0 Å². The quantitative estimate of drug-likeness (QED) is 0.509. The average molecular weight is 296 g/mol. The first kappa shape index (κ1) is 22.6. The van der Waals surface area contributed by atoms with Crippen LogP contribution in [-0.4, -0.2) is 0 Å². The Morgan fingerprint density at radius 1 is 1.08 bits per heavy atom. The normalized spacial score (nSPS) is 4.92. The van der Waals surface area contributed by atoms with E-state index in [2.05, 4.69) is 13.6 Å². The van der Waals surface area contributed by atoms with Crippen molar-refractivity contribution in [3.8, 4) is 12.1 Å². The average Bonchev–Trinajstić information content (AvgIpc) is 1.92. The third-order valence-electron chi connectivity index (χ3n) is 0. The summed E-state index contributed by atoms with van der Waals surface area (Å²) < 4.78 is 28.8. The molecule has 0 aliphatic carbocycles. The summed E-state index contributed by atoms with van der Waals surface area (Å²) in [6.07, 6.45) is 0. The molecule has 0 radical (unpaired) electrons. The van der Waals surface area contributed by atoms with Crippen molar-refractivity contribution in [1.29, 1.82) is 10.5 Å². The van der Waals surface area contributed by atoms with E-state index in [9.17, 15) is 13.2 Å². The molecule has 0 heterocycles. The molecule has 0 unspecified atom stereocenters. The minimum absolute atomic E-state index is 1.19. The maximum absolute atomic E-state index is 9.58. The Bertz CT molecular complexity index is 106. The summed E-state index contributed by atoms with van der Waals surface area (Å²) in [4.78, 5) is 0. The summed E-state index contributed by atoms with van der Waals surface area (Å²) >= 11 is 4.25. The van der Waals surface area contributed by atoms with Crippen LogP contribution in [0.15, 0.2) is 0 Å². The molecule has 0 atom stereocenters. The first-order chi connectivity index (χ1) is 5.56. The molecule has 0 N–H and O–H groups in total. The van der Waals surface area contributed by atoms with Gasteiger partial charge in [-0.05, 0) is 0 Å². The van der Waals surface area contributed by atoms with Gasteiger partial charge in [-0.25, -0.2) is 0 Å². The predicted octanol–water partition coefficient (Wildman–Crippen LogP) is 3.24. The van der Waals surface area contributed by atoms with Gasteiger partial charge >= 0.3 is 30.0 Å². The number of nitriles is 2. The Labute approximate surface area is 86.4 Å². The van der Waals surface area contributed by atoms with E-state index >= 15 is 0 Å². The summed E-state index contributed by atoms with van der Waals surface area (Å²) in [5.41, 5.74) is 0. The molecule has 0 saturated heterocycles. The van der Waals surface area contributed by atoms with Gasteiger partial charge in [-0.2, -0.15) is 10.5 Å². The van der Waals surface area contributed by atoms with Gasteiger partial charge in [-0.1, -0.05) is 0 Å². The molecule has 12 heavy (non-hydrogen) atoms. The Hall–Kier alpha value is -0.127. The summed E-state index contributed by atoms with van der Waals surface area (Å²) in [6.45, 7) is -0.222. The molecule has 0 aromatic rings. The molecule has 0 aromatic heterocycles. The Morgan fingerprint density at radius 2 is 1.08 bits per heavy atom. The Balaban J connectivity index is -0.0000000368. The number of hydrogen-bond donors (Lipinski definition) is 0. The van der Waals surface area contributed by atoms with Crippen LogP contribution in [0.5, 0.6) is 0 Å². The zero-order valence-electron chi connectivity index (χ0n) is 6.61. The third-order valence-corrected chi connectivity index (χ3v) is 0. The molecule has 7 heteroatoms. The topological polar surface area (TPSA) is 47.6 Å². The molecule has 0 spiro atoms. The molecule has 0 aromatic carbocycles. The first-order valence-corrected chi connectivity index (χ1v) is 9.23. The Kier molecular flexibility index (Phi) is 84.2.